The third-order valence-electron chi connectivity index (χ3n) is 4.41. The van der Waals surface area contributed by atoms with Gasteiger partial charge in [-0.2, -0.15) is 8.42 Å². The molecule has 0 spiro atoms. The lowest BCUT2D eigenvalue weighted by Crippen LogP contribution is -2.23. The van der Waals surface area contributed by atoms with Crippen molar-refractivity contribution in [3.8, 4) is 11.5 Å². The van der Waals surface area contributed by atoms with Gasteiger partial charge < -0.3 is 9.47 Å². The summed E-state index contributed by atoms with van der Waals surface area (Å²) in [6.45, 7) is -0.103. The van der Waals surface area contributed by atoms with Crippen LogP contribution in [0.25, 0.3) is 0 Å². The van der Waals surface area contributed by atoms with E-state index in [0.29, 0.717) is 23.5 Å². The minimum Gasteiger partial charge on any atom is -0.497 e. The van der Waals surface area contributed by atoms with Gasteiger partial charge in [0.2, 0.25) is 0 Å². The van der Waals surface area contributed by atoms with E-state index in [1.807, 2.05) is 0 Å². The maximum Gasteiger partial charge on any atom is 0.333 e. The first-order chi connectivity index (χ1) is 14.2. The fraction of sp³-hybridized carbons (Fsp3) is 0.300. The number of carbonyl (C=O) groups excluding carboxylic acids is 2. The third-order valence-corrected chi connectivity index (χ3v) is 6.03. The Balaban J connectivity index is 1.66. The summed E-state index contributed by atoms with van der Waals surface area (Å²) in [5, 5.41) is 4.60. The summed E-state index contributed by atoms with van der Waals surface area (Å²) in [4.78, 5) is 23.1. The number of ketones is 1. The van der Waals surface area contributed by atoms with Crippen LogP contribution in [0.3, 0.4) is 0 Å². The summed E-state index contributed by atoms with van der Waals surface area (Å²) < 4.78 is 38.7. The fourth-order valence-electron chi connectivity index (χ4n) is 2.97. The van der Waals surface area contributed by atoms with Crippen LogP contribution in [0.5, 0.6) is 11.5 Å². The van der Waals surface area contributed by atoms with Crippen molar-refractivity contribution < 1.29 is 31.7 Å². The van der Waals surface area contributed by atoms with Crippen molar-refractivity contribution in [1.29, 1.82) is 0 Å². The standard InChI is InChI=1S/C20H21NO7S2/c1-26-16-4-2-3-14(10-16)18(28-30(21,24)25)12-27-15-7-5-13(6-8-15)9-19-17(22)11-20(23)29-19/h2-8,10,18-19H,9,11-12H2,1H3,(H2,21,24,25). The second kappa shape index (κ2) is 9.61. The number of benzene rings is 2. The van der Waals surface area contributed by atoms with Gasteiger partial charge in [0.1, 0.15) is 24.2 Å². The van der Waals surface area contributed by atoms with Crippen molar-refractivity contribution in [2.45, 2.75) is 24.2 Å². The zero-order chi connectivity index (χ0) is 21.7. The first kappa shape index (κ1) is 22.3. The monoisotopic (exact) mass is 451 g/mol. The second-order valence-corrected chi connectivity index (χ2v) is 9.07. The molecule has 0 aliphatic carbocycles. The molecule has 2 aromatic carbocycles. The van der Waals surface area contributed by atoms with Crippen molar-refractivity contribution in [1.82, 2.24) is 0 Å². The number of ether oxygens (including phenoxy) is 2. The molecule has 30 heavy (non-hydrogen) atoms. The molecule has 2 aromatic rings. The summed E-state index contributed by atoms with van der Waals surface area (Å²) in [6.07, 6.45) is -0.504. The highest BCUT2D eigenvalue weighted by molar-refractivity contribution is 8.15. The molecule has 0 amide bonds. The van der Waals surface area contributed by atoms with Gasteiger partial charge in [0, 0.05) is 0 Å². The molecule has 1 aliphatic heterocycles. The largest absolute Gasteiger partial charge is 0.497 e. The molecule has 2 atom stereocenters. The van der Waals surface area contributed by atoms with Crippen molar-refractivity contribution in [3.05, 3.63) is 59.7 Å². The third kappa shape index (κ3) is 6.30. The molecular weight excluding hydrogens is 430 g/mol. The molecule has 0 saturated carbocycles. The summed E-state index contributed by atoms with van der Waals surface area (Å²) in [6, 6.07) is 13.8. The topological polar surface area (TPSA) is 122 Å². The van der Waals surface area contributed by atoms with E-state index < -0.39 is 16.4 Å². The van der Waals surface area contributed by atoms with E-state index in [-0.39, 0.29) is 29.2 Å². The molecule has 0 bridgehead atoms. The Morgan fingerprint density at radius 3 is 2.47 bits per heavy atom. The number of rotatable bonds is 9. The lowest BCUT2D eigenvalue weighted by Gasteiger charge is -2.18. The van der Waals surface area contributed by atoms with E-state index in [1.165, 1.54) is 7.11 Å². The zero-order valence-corrected chi connectivity index (χ0v) is 17.8. The average Bonchev–Trinajstić information content (AvgIpc) is 3.02. The van der Waals surface area contributed by atoms with Crippen molar-refractivity contribution >= 4 is 33.0 Å². The Labute approximate surface area is 178 Å². The van der Waals surface area contributed by atoms with Gasteiger partial charge in [-0.25, -0.2) is 9.32 Å². The summed E-state index contributed by atoms with van der Waals surface area (Å²) >= 11 is 1.08. The molecular formula is C20H21NO7S2. The molecule has 0 radical (unpaired) electrons. The minimum absolute atomic E-state index is 0.00770. The highest BCUT2D eigenvalue weighted by Crippen LogP contribution is 2.29. The average molecular weight is 452 g/mol. The molecule has 2 unspecified atom stereocenters. The number of carbonyl (C=O) groups is 2. The number of methoxy groups -OCH3 is 1. The van der Waals surface area contributed by atoms with Crippen LogP contribution < -0.4 is 14.6 Å². The lowest BCUT2D eigenvalue weighted by atomic mass is 10.1. The Kier molecular flexibility index (Phi) is 7.14. The number of thioether (sulfide) groups is 1. The SMILES string of the molecule is COc1cccc(C(COc2ccc(CC3SC(=O)CC3=O)cc2)OS(N)(=O)=O)c1. The van der Waals surface area contributed by atoms with Gasteiger partial charge in [0.25, 0.3) is 0 Å². The maximum atomic E-state index is 11.8. The molecule has 8 nitrogen and oxygen atoms in total. The van der Waals surface area contributed by atoms with Gasteiger partial charge in [-0.1, -0.05) is 36.0 Å². The van der Waals surface area contributed by atoms with Crippen LogP contribution in [-0.2, 0) is 30.5 Å². The van der Waals surface area contributed by atoms with E-state index >= 15 is 0 Å². The van der Waals surface area contributed by atoms with E-state index in [4.69, 9.17) is 18.8 Å². The Bertz CT molecular complexity index is 1020. The van der Waals surface area contributed by atoms with Crippen LogP contribution in [0.2, 0.25) is 0 Å². The van der Waals surface area contributed by atoms with Gasteiger partial charge >= 0.3 is 10.3 Å². The molecule has 160 valence electrons. The van der Waals surface area contributed by atoms with Gasteiger partial charge in [-0.15, -0.1) is 0 Å². The number of hydrogen-bond acceptors (Lipinski definition) is 8. The molecule has 1 saturated heterocycles. The summed E-state index contributed by atoms with van der Waals surface area (Å²) in [5.74, 6) is 0.982. The van der Waals surface area contributed by atoms with E-state index in [0.717, 1.165) is 17.3 Å². The summed E-state index contributed by atoms with van der Waals surface area (Å²) in [7, 11) is -2.71. The predicted octanol–water partition coefficient (Wildman–Crippen LogP) is 2.18. The van der Waals surface area contributed by atoms with Gasteiger partial charge in [0.05, 0.1) is 18.8 Å². The van der Waals surface area contributed by atoms with Crippen LogP contribution in [-0.4, -0.2) is 38.3 Å². The molecule has 10 heteroatoms. The molecule has 2 N–H and O–H groups in total. The first-order valence-corrected chi connectivity index (χ1v) is 11.4. The lowest BCUT2D eigenvalue weighted by molar-refractivity contribution is -0.121. The predicted molar refractivity (Wildman–Crippen MR) is 112 cm³/mol. The molecule has 1 fully saturated rings. The van der Waals surface area contributed by atoms with Gasteiger partial charge in [-0.3, -0.25) is 9.59 Å². The maximum absolute atomic E-state index is 11.8. The van der Waals surface area contributed by atoms with Crippen molar-refractivity contribution in [2.75, 3.05) is 13.7 Å². The van der Waals surface area contributed by atoms with Crippen molar-refractivity contribution in [2.24, 2.45) is 5.14 Å². The smallest absolute Gasteiger partial charge is 0.333 e. The van der Waals surface area contributed by atoms with Gasteiger partial charge in [0.15, 0.2) is 10.9 Å². The number of hydrogen-bond donors (Lipinski definition) is 1. The molecule has 3 rings (SSSR count). The van der Waals surface area contributed by atoms with Crippen LogP contribution >= 0.6 is 11.8 Å². The van der Waals surface area contributed by atoms with Crippen molar-refractivity contribution in [3.63, 3.8) is 0 Å². The van der Waals surface area contributed by atoms with E-state index in [9.17, 15) is 18.0 Å². The number of Topliss-reactive ketones (excluding diaryl/α,β-unsaturated/α-hetero) is 1. The Morgan fingerprint density at radius 2 is 1.87 bits per heavy atom. The van der Waals surface area contributed by atoms with Gasteiger partial charge in [-0.05, 0) is 41.8 Å². The van der Waals surface area contributed by atoms with Crippen LogP contribution in [0.15, 0.2) is 48.5 Å². The van der Waals surface area contributed by atoms with E-state index in [1.54, 1.807) is 48.5 Å². The summed E-state index contributed by atoms with van der Waals surface area (Å²) in [5.41, 5.74) is 1.43. The molecule has 0 aromatic heterocycles. The normalized spacial score (nSPS) is 17.7. The quantitative estimate of drug-likeness (QED) is 0.576. The zero-order valence-electron chi connectivity index (χ0n) is 16.1. The second-order valence-electron chi connectivity index (χ2n) is 6.63. The Morgan fingerprint density at radius 1 is 1.13 bits per heavy atom. The molecule has 1 aliphatic rings. The van der Waals surface area contributed by atoms with E-state index in [2.05, 4.69) is 0 Å². The minimum atomic E-state index is -4.21. The first-order valence-electron chi connectivity index (χ1n) is 9.02. The fourth-order valence-corrected chi connectivity index (χ4v) is 4.49. The highest BCUT2D eigenvalue weighted by Gasteiger charge is 2.31. The highest BCUT2D eigenvalue weighted by atomic mass is 32.2. The van der Waals surface area contributed by atoms with Crippen LogP contribution in [0.1, 0.15) is 23.7 Å². The Hall–Kier alpha value is -2.40. The van der Waals surface area contributed by atoms with Crippen LogP contribution in [0, 0.1) is 0 Å². The number of nitrogens with two attached hydrogens (primary N) is 1. The molecule has 1 heterocycles. The van der Waals surface area contributed by atoms with Crippen LogP contribution in [0.4, 0.5) is 0 Å².